The molecule has 2 aliphatic heterocycles. The first-order valence-electron chi connectivity index (χ1n) is 9.95. The van der Waals surface area contributed by atoms with Crippen LogP contribution in [0.2, 0.25) is 0 Å². The highest BCUT2D eigenvalue weighted by molar-refractivity contribution is 7.86. The molecule has 0 radical (unpaired) electrons. The van der Waals surface area contributed by atoms with Gasteiger partial charge in [-0.25, -0.2) is 4.79 Å². The van der Waals surface area contributed by atoms with Gasteiger partial charge in [0.15, 0.2) is 0 Å². The van der Waals surface area contributed by atoms with Crippen LogP contribution in [0.25, 0.3) is 0 Å². The van der Waals surface area contributed by atoms with Crippen LogP contribution in [0.1, 0.15) is 38.8 Å². The lowest BCUT2D eigenvalue weighted by Crippen LogP contribution is -2.50. The molecule has 0 spiro atoms. The summed E-state index contributed by atoms with van der Waals surface area (Å²) in [6.07, 6.45) is 1.15. The van der Waals surface area contributed by atoms with E-state index in [1.54, 1.807) is 4.90 Å². The summed E-state index contributed by atoms with van der Waals surface area (Å²) in [5.74, 6) is 0. The molecule has 0 saturated carbocycles. The highest BCUT2D eigenvalue weighted by Crippen LogP contribution is 2.28. The summed E-state index contributed by atoms with van der Waals surface area (Å²) in [5.41, 5.74) is 1.52. The quantitative estimate of drug-likeness (QED) is 0.739. The molecule has 0 aromatic heterocycles. The lowest BCUT2D eigenvalue weighted by Gasteiger charge is -2.37. The van der Waals surface area contributed by atoms with Crippen molar-refractivity contribution < 1.29 is 22.1 Å². The van der Waals surface area contributed by atoms with Crippen LogP contribution in [-0.4, -0.2) is 70.1 Å². The fourth-order valence-corrected chi connectivity index (χ4v) is 4.39. The van der Waals surface area contributed by atoms with E-state index in [1.807, 2.05) is 45.0 Å². The van der Waals surface area contributed by atoms with E-state index < -0.39 is 15.7 Å². The van der Waals surface area contributed by atoms with E-state index in [0.29, 0.717) is 26.1 Å². The number of piperazine rings is 1. The molecule has 2 heterocycles. The Morgan fingerprint density at radius 3 is 2.48 bits per heavy atom. The molecule has 1 amide bonds. The van der Waals surface area contributed by atoms with E-state index in [0.717, 1.165) is 30.6 Å². The average Bonchev–Trinajstić information content (AvgIpc) is 3.07. The van der Waals surface area contributed by atoms with Gasteiger partial charge in [0, 0.05) is 38.4 Å². The van der Waals surface area contributed by atoms with Gasteiger partial charge in [-0.15, -0.1) is 0 Å². The van der Waals surface area contributed by atoms with Gasteiger partial charge in [-0.2, -0.15) is 8.42 Å². The van der Waals surface area contributed by atoms with E-state index in [-0.39, 0.29) is 18.2 Å². The Hall–Kier alpha value is -1.84. The van der Waals surface area contributed by atoms with Gasteiger partial charge in [-0.3, -0.25) is 9.08 Å². The van der Waals surface area contributed by atoms with E-state index in [1.165, 1.54) is 0 Å². The molecule has 2 fully saturated rings. The monoisotopic (exact) mass is 425 g/mol. The Morgan fingerprint density at radius 2 is 1.86 bits per heavy atom. The number of nitrogens with one attached hydrogen (secondary N) is 1. The molecule has 2 aliphatic rings. The van der Waals surface area contributed by atoms with E-state index in [4.69, 9.17) is 8.92 Å². The third-order valence-electron chi connectivity index (χ3n) is 4.97. The maximum atomic E-state index is 12.6. The molecule has 0 aliphatic carbocycles. The summed E-state index contributed by atoms with van der Waals surface area (Å²) < 4.78 is 33.4. The zero-order valence-electron chi connectivity index (χ0n) is 17.6. The predicted molar refractivity (Wildman–Crippen MR) is 112 cm³/mol. The van der Waals surface area contributed by atoms with Gasteiger partial charge in [-0.1, -0.05) is 12.1 Å². The van der Waals surface area contributed by atoms with Gasteiger partial charge < -0.3 is 15.0 Å². The first-order chi connectivity index (χ1) is 13.5. The van der Waals surface area contributed by atoms with Crippen molar-refractivity contribution in [3.63, 3.8) is 0 Å². The third-order valence-corrected chi connectivity index (χ3v) is 5.59. The lowest BCUT2D eigenvalue weighted by atomic mass is 10.0. The van der Waals surface area contributed by atoms with E-state index >= 15 is 0 Å². The van der Waals surface area contributed by atoms with Gasteiger partial charge in [0.2, 0.25) is 0 Å². The van der Waals surface area contributed by atoms with Crippen LogP contribution in [0.5, 0.6) is 0 Å². The normalized spacial score (nSPS) is 23.3. The second-order valence-corrected chi connectivity index (χ2v) is 10.2. The van der Waals surface area contributed by atoms with Crippen molar-refractivity contribution in [3.8, 4) is 0 Å². The Balaban J connectivity index is 1.68. The van der Waals surface area contributed by atoms with Gasteiger partial charge in [0.1, 0.15) is 5.60 Å². The largest absolute Gasteiger partial charge is 0.444 e. The van der Waals surface area contributed by atoms with Crippen molar-refractivity contribution >= 4 is 21.9 Å². The Labute approximate surface area is 173 Å². The van der Waals surface area contributed by atoms with E-state index in [2.05, 4.69) is 10.2 Å². The van der Waals surface area contributed by atoms with Crippen molar-refractivity contribution in [1.82, 2.24) is 10.2 Å². The zero-order chi connectivity index (χ0) is 21.2. The van der Waals surface area contributed by atoms with Gasteiger partial charge in [0.05, 0.1) is 18.4 Å². The molecular weight excluding hydrogens is 394 g/mol. The van der Waals surface area contributed by atoms with Gasteiger partial charge in [0.25, 0.3) is 10.1 Å². The summed E-state index contributed by atoms with van der Waals surface area (Å²) in [5, 5.41) is 3.34. The topological polar surface area (TPSA) is 88.2 Å². The first kappa shape index (κ1) is 21.9. The second kappa shape index (κ2) is 8.49. The van der Waals surface area contributed by atoms with Crippen LogP contribution in [0.3, 0.4) is 0 Å². The number of carbonyl (C=O) groups is 1. The minimum absolute atomic E-state index is 0.0902. The number of anilines is 1. The maximum Gasteiger partial charge on any atom is 0.410 e. The number of rotatable bonds is 4. The molecule has 9 heteroatoms. The standard InChI is InChI=1S/C20H31N3O5S/c1-20(2,3)27-19(24)23-12-10-21-13-18(23)15-5-7-16(8-6-15)22-11-9-17(14-22)28-29(4,25)26/h5-8,17-18,21H,9-14H2,1-4H3/t17-,18?/m1/s1. The van der Waals surface area contributed by atoms with Crippen molar-refractivity contribution in [2.45, 2.75) is 44.9 Å². The fraction of sp³-hybridized carbons (Fsp3) is 0.650. The molecule has 1 unspecified atom stereocenters. The molecular formula is C20H31N3O5S. The van der Waals surface area contributed by atoms with Crippen LogP contribution in [0, 0.1) is 0 Å². The van der Waals surface area contributed by atoms with Crippen LogP contribution in [0.4, 0.5) is 10.5 Å². The zero-order valence-corrected chi connectivity index (χ0v) is 18.4. The fourth-order valence-electron chi connectivity index (χ4n) is 3.74. The molecule has 162 valence electrons. The third kappa shape index (κ3) is 6.07. The number of nitrogens with zero attached hydrogens (tertiary/aromatic N) is 2. The van der Waals surface area contributed by atoms with Crippen LogP contribution in [-0.2, 0) is 19.0 Å². The van der Waals surface area contributed by atoms with Crippen molar-refractivity contribution in [1.29, 1.82) is 0 Å². The molecule has 0 bridgehead atoms. The number of amides is 1. The number of carbonyl (C=O) groups excluding carboxylic acids is 1. The highest BCUT2D eigenvalue weighted by Gasteiger charge is 2.32. The van der Waals surface area contributed by atoms with Crippen LogP contribution >= 0.6 is 0 Å². The highest BCUT2D eigenvalue weighted by atomic mass is 32.2. The number of hydrogen-bond acceptors (Lipinski definition) is 7. The molecule has 2 atom stereocenters. The SMILES string of the molecule is CC(C)(C)OC(=O)N1CCNCC1c1ccc(N2CC[C@@H](OS(C)(=O)=O)C2)cc1. The van der Waals surface area contributed by atoms with Crippen LogP contribution < -0.4 is 10.2 Å². The minimum atomic E-state index is -3.44. The Bertz CT molecular complexity index is 820. The summed E-state index contributed by atoms with van der Waals surface area (Å²) in [6.45, 7) is 8.90. The molecule has 8 nitrogen and oxygen atoms in total. The average molecular weight is 426 g/mol. The second-order valence-electron chi connectivity index (χ2n) is 8.64. The van der Waals surface area contributed by atoms with Crippen molar-refractivity contribution in [2.24, 2.45) is 0 Å². The first-order valence-corrected chi connectivity index (χ1v) is 11.8. The smallest absolute Gasteiger partial charge is 0.410 e. The molecule has 1 aromatic rings. The number of ether oxygens (including phenoxy) is 1. The summed E-state index contributed by atoms with van der Waals surface area (Å²) in [6, 6.07) is 7.98. The molecule has 1 N–H and O–H groups in total. The van der Waals surface area contributed by atoms with E-state index in [9.17, 15) is 13.2 Å². The molecule has 2 saturated heterocycles. The summed E-state index contributed by atoms with van der Waals surface area (Å²) in [4.78, 5) is 16.5. The predicted octanol–water partition coefficient (Wildman–Crippen LogP) is 2.12. The van der Waals surface area contributed by atoms with Gasteiger partial charge >= 0.3 is 6.09 Å². The number of benzene rings is 1. The summed E-state index contributed by atoms with van der Waals surface area (Å²) >= 11 is 0. The molecule has 29 heavy (non-hydrogen) atoms. The lowest BCUT2D eigenvalue weighted by molar-refractivity contribution is 0.0118. The minimum Gasteiger partial charge on any atom is -0.444 e. The number of hydrogen-bond donors (Lipinski definition) is 1. The Kier molecular flexibility index (Phi) is 6.40. The maximum absolute atomic E-state index is 12.6. The van der Waals surface area contributed by atoms with Crippen LogP contribution in [0.15, 0.2) is 24.3 Å². The summed E-state index contributed by atoms with van der Waals surface area (Å²) in [7, 11) is -3.44. The Morgan fingerprint density at radius 1 is 1.17 bits per heavy atom. The van der Waals surface area contributed by atoms with Crippen molar-refractivity contribution in [2.75, 3.05) is 43.9 Å². The molecule has 3 rings (SSSR count). The van der Waals surface area contributed by atoms with Crippen molar-refractivity contribution in [3.05, 3.63) is 29.8 Å². The van der Waals surface area contributed by atoms with Gasteiger partial charge in [-0.05, 0) is 44.9 Å². The molecule has 1 aromatic carbocycles.